The van der Waals surface area contributed by atoms with Gasteiger partial charge in [-0.05, 0) is 67.6 Å². The lowest BCUT2D eigenvalue weighted by Gasteiger charge is -2.42. The van der Waals surface area contributed by atoms with Crippen molar-refractivity contribution in [3.05, 3.63) is 69.2 Å². The number of benzene rings is 2. The second-order valence-corrected chi connectivity index (χ2v) is 10.6. The zero-order valence-corrected chi connectivity index (χ0v) is 18.7. The highest BCUT2D eigenvalue weighted by atomic mass is 35.5. The highest BCUT2D eigenvalue weighted by Gasteiger charge is 2.50. The van der Waals surface area contributed by atoms with Crippen molar-refractivity contribution in [2.75, 3.05) is 11.9 Å². The van der Waals surface area contributed by atoms with E-state index >= 15 is 0 Å². The molecule has 8 heteroatoms. The second kappa shape index (κ2) is 7.78. The van der Waals surface area contributed by atoms with Gasteiger partial charge in [0.05, 0.1) is 15.6 Å². The van der Waals surface area contributed by atoms with Crippen LogP contribution in [0.1, 0.15) is 31.2 Å². The molecule has 2 atom stereocenters. The molecule has 154 valence electrons. The molecule has 0 radical (unpaired) electrons. The Kier molecular flexibility index (Phi) is 5.64. The highest BCUT2D eigenvalue weighted by Crippen LogP contribution is 2.55. The quantitative estimate of drug-likeness (QED) is 0.543. The Balaban J connectivity index is 1.62. The van der Waals surface area contributed by atoms with Crippen LogP contribution in [-0.4, -0.2) is 21.0 Å². The maximum atomic E-state index is 12.7. The van der Waals surface area contributed by atoms with Gasteiger partial charge in [0.2, 0.25) is 10.0 Å². The molecule has 1 heterocycles. The van der Waals surface area contributed by atoms with Crippen molar-refractivity contribution in [2.45, 2.75) is 42.0 Å². The van der Waals surface area contributed by atoms with Gasteiger partial charge >= 0.3 is 0 Å². The predicted molar refractivity (Wildman–Crippen MR) is 120 cm³/mol. The Morgan fingerprint density at radius 3 is 2.59 bits per heavy atom. The molecule has 1 aliphatic heterocycles. The van der Waals surface area contributed by atoms with Gasteiger partial charge in [0, 0.05) is 28.0 Å². The van der Waals surface area contributed by atoms with E-state index in [9.17, 15) is 8.42 Å². The fourth-order valence-corrected chi connectivity index (χ4v) is 6.33. The van der Waals surface area contributed by atoms with Gasteiger partial charge in [0.15, 0.2) is 0 Å². The molecule has 4 rings (SSSR count). The molecular formula is C21H21Cl3N2O2S. The molecule has 1 saturated carbocycles. The molecular weight excluding hydrogens is 451 g/mol. The molecule has 2 aliphatic rings. The number of halogens is 3. The van der Waals surface area contributed by atoms with E-state index in [0.29, 0.717) is 21.5 Å². The minimum atomic E-state index is -3.63. The van der Waals surface area contributed by atoms with Crippen LogP contribution in [0.25, 0.3) is 0 Å². The van der Waals surface area contributed by atoms with Crippen molar-refractivity contribution in [2.24, 2.45) is 0 Å². The van der Waals surface area contributed by atoms with Gasteiger partial charge in [-0.2, -0.15) is 0 Å². The Morgan fingerprint density at radius 2 is 1.86 bits per heavy atom. The number of hydrogen-bond acceptors (Lipinski definition) is 3. The Labute approximate surface area is 186 Å². The Hall–Kier alpha value is -1.24. The fourth-order valence-electron chi connectivity index (χ4n) is 4.62. The van der Waals surface area contributed by atoms with Gasteiger partial charge in [0.25, 0.3) is 0 Å². The number of anilines is 1. The van der Waals surface area contributed by atoms with E-state index in [1.54, 1.807) is 18.2 Å². The molecule has 2 N–H and O–H groups in total. The molecule has 2 aromatic rings. The van der Waals surface area contributed by atoms with Gasteiger partial charge < -0.3 is 5.32 Å². The van der Waals surface area contributed by atoms with E-state index in [2.05, 4.69) is 16.6 Å². The zero-order chi connectivity index (χ0) is 20.8. The summed E-state index contributed by atoms with van der Waals surface area (Å²) >= 11 is 18.6. The van der Waals surface area contributed by atoms with Gasteiger partial charge in [-0.15, -0.1) is 0 Å². The van der Waals surface area contributed by atoms with E-state index in [4.69, 9.17) is 34.8 Å². The first kappa shape index (κ1) is 21.0. The van der Waals surface area contributed by atoms with Crippen LogP contribution >= 0.6 is 34.8 Å². The van der Waals surface area contributed by atoms with Crippen LogP contribution in [-0.2, 0) is 15.4 Å². The van der Waals surface area contributed by atoms with Crippen molar-refractivity contribution < 1.29 is 8.42 Å². The summed E-state index contributed by atoms with van der Waals surface area (Å²) in [4.78, 5) is 0.189. The lowest BCUT2D eigenvalue weighted by atomic mass is 9.63. The van der Waals surface area contributed by atoms with Crippen molar-refractivity contribution in [1.29, 1.82) is 0 Å². The van der Waals surface area contributed by atoms with Crippen LogP contribution in [0.4, 0.5) is 5.69 Å². The molecule has 4 nitrogen and oxygen atoms in total. The van der Waals surface area contributed by atoms with Gasteiger partial charge in [0.1, 0.15) is 0 Å². The summed E-state index contributed by atoms with van der Waals surface area (Å²) in [5.74, 6) is 0. The van der Waals surface area contributed by atoms with Crippen molar-refractivity contribution in [3.63, 3.8) is 0 Å². The average molecular weight is 472 g/mol. The van der Waals surface area contributed by atoms with Crippen LogP contribution in [0.3, 0.4) is 0 Å². The standard InChI is InChI=1S/C21H21Cl3N2O2S/c1-13-3-2-4-19-21(13,17-11-15(23)12-18(24)20(17)26-19)9-10-25-29(27,28)16-7-5-14(22)6-8-16/h5-8,11-12,19,25-26H,1-4,9-10H2/t19-,21-/m0/s1. The lowest BCUT2D eigenvalue weighted by molar-refractivity contribution is 0.344. The Morgan fingerprint density at radius 1 is 1.14 bits per heavy atom. The van der Waals surface area contributed by atoms with Crippen LogP contribution in [0, 0.1) is 0 Å². The number of sulfonamides is 1. The highest BCUT2D eigenvalue weighted by molar-refractivity contribution is 7.89. The van der Waals surface area contributed by atoms with Crippen LogP contribution in [0.15, 0.2) is 53.4 Å². The topological polar surface area (TPSA) is 58.2 Å². The van der Waals surface area contributed by atoms with Crippen molar-refractivity contribution >= 4 is 50.5 Å². The summed E-state index contributed by atoms with van der Waals surface area (Å²) in [7, 11) is -3.63. The van der Waals surface area contributed by atoms with E-state index < -0.39 is 15.4 Å². The third-order valence-corrected chi connectivity index (χ3v) is 8.23. The lowest BCUT2D eigenvalue weighted by Crippen LogP contribution is -2.45. The molecule has 0 unspecified atom stereocenters. The molecule has 0 spiro atoms. The third kappa shape index (κ3) is 3.68. The molecule has 0 aromatic heterocycles. The van der Waals surface area contributed by atoms with E-state index in [-0.39, 0.29) is 17.5 Å². The van der Waals surface area contributed by atoms with Crippen LogP contribution < -0.4 is 10.0 Å². The molecule has 29 heavy (non-hydrogen) atoms. The third-order valence-electron chi connectivity index (χ3n) is 5.99. The normalized spacial score (nSPS) is 23.4. The predicted octanol–water partition coefficient (Wildman–Crippen LogP) is 5.79. The Bertz CT molecular complexity index is 1070. The summed E-state index contributed by atoms with van der Waals surface area (Å²) in [6, 6.07) is 9.90. The second-order valence-electron chi connectivity index (χ2n) is 7.58. The number of fused-ring (bicyclic) bond motifs is 3. The maximum absolute atomic E-state index is 12.7. The van der Waals surface area contributed by atoms with Gasteiger partial charge in [-0.3, -0.25) is 0 Å². The summed E-state index contributed by atoms with van der Waals surface area (Å²) in [6.07, 6.45) is 3.46. The number of hydrogen-bond donors (Lipinski definition) is 2. The van der Waals surface area contributed by atoms with E-state index in [1.807, 2.05) is 6.07 Å². The van der Waals surface area contributed by atoms with E-state index in [0.717, 1.165) is 36.1 Å². The zero-order valence-electron chi connectivity index (χ0n) is 15.6. The molecule has 1 fully saturated rings. The van der Waals surface area contributed by atoms with Gasteiger partial charge in [-0.1, -0.05) is 47.0 Å². The minimum Gasteiger partial charge on any atom is -0.380 e. The number of rotatable bonds is 5. The van der Waals surface area contributed by atoms with Crippen LogP contribution in [0.5, 0.6) is 0 Å². The molecule has 0 bridgehead atoms. The summed E-state index contributed by atoms with van der Waals surface area (Å²) in [5.41, 5.74) is 2.58. The molecule has 1 aliphatic carbocycles. The fraction of sp³-hybridized carbons (Fsp3) is 0.333. The molecule has 2 aromatic carbocycles. The summed E-state index contributed by atoms with van der Waals surface area (Å²) in [5, 5.41) is 5.18. The molecule has 0 amide bonds. The summed E-state index contributed by atoms with van der Waals surface area (Å²) < 4.78 is 28.1. The van der Waals surface area contributed by atoms with E-state index in [1.165, 1.54) is 12.1 Å². The first-order chi connectivity index (χ1) is 13.7. The average Bonchev–Trinajstić information content (AvgIpc) is 2.98. The number of nitrogens with one attached hydrogen (secondary N) is 2. The first-order valence-corrected chi connectivity index (χ1v) is 12.1. The monoisotopic (exact) mass is 470 g/mol. The maximum Gasteiger partial charge on any atom is 0.240 e. The van der Waals surface area contributed by atoms with Crippen LogP contribution in [0.2, 0.25) is 15.1 Å². The molecule has 0 saturated heterocycles. The SMILES string of the molecule is C=C1CCC[C@@H]2Nc3c(Cl)cc(Cl)cc3[C@]12CCNS(=O)(=O)c1ccc(Cl)cc1. The smallest absolute Gasteiger partial charge is 0.240 e. The van der Waals surface area contributed by atoms with Gasteiger partial charge in [-0.25, -0.2) is 13.1 Å². The first-order valence-electron chi connectivity index (χ1n) is 9.43. The summed E-state index contributed by atoms with van der Waals surface area (Å²) in [6.45, 7) is 4.62. The largest absolute Gasteiger partial charge is 0.380 e. The minimum absolute atomic E-state index is 0.120. The van der Waals surface area contributed by atoms with Crippen molar-refractivity contribution in [3.8, 4) is 0 Å². The van der Waals surface area contributed by atoms with Crippen molar-refractivity contribution in [1.82, 2.24) is 4.72 Å².